The van der Waals surface area contributed by atoms with Gasteiger partial charge in [0.15, 0.2) is 0 Å². The summed E-state index contributed by atoms with van der Waals surface area (Å²) < 4.78 is 22.4. The number of nitrogens with two attached hydrogens (primary N) is 2. The second-order valence-electron chi connectivity index (χ2n) is 5.67. The molecule has 1 aliphatic carbocycles. The van der Waals surface area contributed by atoms with Crippen LogP contribution < -0.4 is 16.2 Å². The van der Waals surface area contributed by atoms with Gasteiger partial charge in [-0.15, -0.1) is 0 Å². The van der Waals surface area contributed by atoms with Crippen LogP contribution in [-0.2, 0) is 14.8 Å². The zero-order valence-corrected chi connectivity index (χ0v) is 12.8. The molecule has 0 aromatic heterocycles. The van der Waals surface area contributed by atoms with Crippen molar-refractivity contribution in [2.24, 2.45) is 10.9 Å². The van der Waals surface area contributed by atoms with Crippen molar-refractivity contribution in [3.05, 3.63) is 29.8 Å². The van der Waals surface area contributed by atoms with Gasteiger partial charge in [0.05, 0.1) is 16.5 Å². The molecular formula is C14H21N3O3S. The van der Waals surface area contributed by atoms with E-state index >= 15 is 0 Å². The Morgan fingerprint density at radius 2 is 1.76 bits per heavy atom. The van der Waals surface area contributed by atoms with E-state index in [-0.39, 0.29) is 16.8 Å². The van der Waals surface area contributed by atoms with Gasteiger partial charge < -0.3 is 11.1 Å². The largest absolute Gasteiger partial charge is 0.348 e. The highest BCUT2D eigenvalue weighted by Crippen LogP contribution is 2.28. The van der Waals surface area contributed by atoms with Crippen LogP contribution in [0, 0.1) is 0 Å². The summed E-state index contributed by atoms with van der Waals surface area (Å²) in [5, 5.41) is 7.94. The van der Waals surface area contributed by atoms with Crippen LogP contribution in [0.2, 0.25) is 0 Å². The van der Waals surface area contributed by atoms with Gasteiger partial charge in [0, 0.05) is 0 Å². The lowest BCUT2D eigenvalue weighted by Gasteiger charge is -2.25. The van der Waals surface area contributed by atoms with Gasteiger partial charge in [-0.05, 0) is 37.5 Å². The van der Waals surface area contributed by atoms with Crippen LogP contribution in [0.1, 0.15) is 44.2 Å². The molecule has 1 saturated carbocycles. The molecule has 1 unspecified atom stereocenters. The molecular weight excluding hydrogens is 290 g/mol. The minimum atomic E-state index is -3.70. The number of nitrogens with one attached hydrogen (secondary N) is 1. The maximum Gasteiger partial charge on any atom is 0.240 e. The Bertz CT molecular complexity index is 619. The van der Waals surface area contributed by atoms with E-state index in [2.05, 4.69) is 5.32 Å². The zero-order valence-electron chi connectivity index (χ0n) is 12.0. The number of hydrogen-bond acceptors (Lipinski definition) is 4. The molecule has 0 bridgehead atoms. The molecule has 0 aliphatic heterocycles. The summed E-state index contributed by atoms with van der Waals surface area (Å²) in [7, 11) is -3.70. The molecule has 21 heavy (non-hydrogen) atoms. The Morgan fingerprint density at radius 1 is 1.24 bits per heavy atom. The van der Waals surface area contributed by atoms with Crippen LogP contribution in [-0.4, -0.2) is 19.9 Å². The maximum atomic E-state index is 12.2. The second kappa shape index (κ2) is 5.75. The van der Waals surface area contributed by atoms with Crippen molar-refractivity contribution in [2.45, 2.75) is 49.1 Å². The van der Waals surface area contributed by atoms with Crippen molar-refractivity contribution < 1.29 is 13.2 Å². The Labute approximate surface area is 124 Å². The minimum absolute atomic E-state index is 0.0517. The summed E-state index contributed by atoms with van der Waals surface area (Å²) in [5.41, 5.74) is 6.14. The first-order chi connectivity index (χ1) is 9.72. The van der Waals surface area contributed by atoms with Gasteiger partial charge in [-0.1, -0.05) is 25.0 Å². The van der Waals surface area contributed by atoms with Crippen molar-refractivity contribution in [1.82, 2.24) is 5.32 Å². The van der Waals surface area contributed by atoms with Gasteiger partial charge in [-0.25, -0.2) is 13.6 Å². The maximum absolute atomic E-state index is 12.2. The van der Waals surface area contributed by atoms with E-state index in [0.717, 1.165) is 18.4 Å². The van der Waals surface area contributed by atoms with Gasteiger partial charge >= 0.3 is 0 Å². The van der Waals surface area contributed by atoms with Crippen molar-refractivity contribution in [3.63, 3.8) is 0 Å². The zero-order chi connectivity index (χ0) is 15.7. The first kappa shape index (κ1) is 15.9. The highest BCUT2D eigenvalue weighted by molar-refractivity contribution is 7.89. The Morgan fingerprint density at radius 3 is 2.24 bits per heavy atom. The van der Waals surface area contributed by atoms with Crippen molar-refractivity contribution in [3.8, 4) is 0 Å². The molecule has 6 nitrogen and oxygen atoms in total. The average Bonchev–Trinajstić information content (AvgIpc) is 2.86. The summed E-state index contributed by atoms with van der Waals surface area (Å²) in [6.45, 7) is 1.84. The van der Waals surface area contributed by atoms with Crippen molar-refractivity contribution >= 4 is 15.9 Å². The molecule has 0 saturated heterocycles. The van der Waals surface area contributed by atoms with E-state index < -0.39 is 15.6 Å². The topological polar surface area (TPSA) is 115 Å². The molecule has 116 valence electrons. The molecule has 1 fully saturated rings. The van der Waals surface area contributed by atoms with Crippen molar-refractivity contribution in [2.75, 3.05) is 0 Å². The number of benzene rings is 1. The lowest BCUT2D eigenvalue weighted by molar-refractivity contribution is -0.126. The highest BCUT2D eigenvalue weighted by Gasteiger charge is 2.37. The monoisotopic (exact) mass is 311 g/mol. The van der Waals surface area contributed by atoms with Gasteiger partial charge in [0.1, 0.15) is 0 Å². The molecule has 1 aromatic rings. The summed E-state index contributed by atoms with van der Waals surface area (Å²) in [6.07, 6.45) is 3.36. The van der Waals surface area contributed by atoms with Gasteiger partial charge in [-0.2, -0.15) is 0 Å². The summed E-state index contributed by atoms with van der Waals surface area (Å²) in [6, 6.07) is 5.90. The third-order valence-electron chi connectivity index (χ3n) is 4.00. The highest BCUT2D eigenvalue weighted by atomic mass is 32.2. The van der Waals surface area contributed by atoms with Crippen LogP contribution in [0.15, 0.2) is 29.2 Å². The van der Waals surface area contributed by atoms with E-state index in [1.54, 1.807) is 12.1 Å². The second-order valence-corrected chi connectivity index (χ2v) is 7.23. The van der Waals surface area contributed by atoms with Crippen LogP contribution in [0.5, 0.6) is 0 Å². The molecule has 1 aromatic carbocycles. The fraction of sp³-hybridized carbons (Fsp3) is 0.500. The van der Waals surface area contributed by atoms with Crippen molar-refractivity contribution in [1.29, 1.82) is 0 Å². The SMILES string of the molecule is CC(NC(=O)C1(N)CCCC1)c1ccc(S(N)(=O)=O)cc1. The first-order valence-corrected chi connectivity index (χ1v) is 8.50. The molecule has 0 heterocycles. The van der Waals surface area contributed by atoms with Gasteiger partial charge in [-0.3, -0.25) is 4.79 Å². The molecule has 7 heteroatoms. The van der Waals surface area contributed by atoms with E-state index in [4.69, 9.17) is 10.9 Å². The van der Waals surface area contributed by atoms with E-state index in [1.807, 2.05) is 6.92 Å². The van der Waals surface area contributed by atoms with E-state index in [9.17, 15) is 13.2 Å². The quantitative estimate of drug-likeness (QED) is 0.762. The summed E-state index contributed by atoms with van der Waals surface area (Å²) in [4.78, 5) is 12.3. The van der Waals surface area contributed by atoms with Crippen LogP contribution in [0.3, 0.4) is 0 Å². The predicted octanol–water partition coefficient (Wildman–Crippen LogP) is 0.783. The van der Waals surface area contributed by atoms with Gasteiger partial charge in [0.25, 0.3) is 0 Å². The van der Waals surface area contributed by atoms with Crippen LogP contribution >= 0.6 is 0 Å². The third-order valence-corrected chi connectivity index (χ3v) is 4.93. The first-order valence-electron chi connectivity index (χ1n) is 6.95. The number of carbonyl (C=O) groups excluding carboxylic acids is 1. The summed E-state index contributed by atoms with van der Waals surface area (Å²) >= 11 is 0. The number of hydrogen-bond donors (Lipinski definition) is 3. The molecule has 0 radical (unpaired) electrons. The average molecular weight is 311 g/mol. The molecule has 0 spiro atoms. The Hall–Kier alpha value is -1.44. The number of primary sulfonamides is 1. The summed E-state index contributed by atoms with van der Waals surface area (Å²) in [5.74, 6) is -0.150. The molecule has 5 N–H and O–H groups in total. The van der Waals surface area contributed by atoms with Crippen LogP contribution in [0.25, 0.3) is 0 Å². The van der Waals surface area contributed by atoms with E-state index in [0.29, 0.717) is 12.8 Å². The fourth-order valence-corrected chi connectivity index (χ4v) is 3.12. The van der Waals surface area contributed by atoms with Crippen LogP contribution in [0.4, 0.5) is 0 Å². The number of sulfonamides is 1. The molecule has 1 atom stereocenters. The molecule has 2 rings (SSSR count). The van der Waals surface area contributed by atoms with Gasteiger partial charge in [0.2, 0.25) is 15.9 Å². The Kier molecular flexibility index (Phi) is 4.36. The normalized spacial score (nSPS) is 19.2. The number of amides is 1. The Balaban J connectivity index is 2.06. The minimum Gasteiger partial charge on any atom is -0.348 e. The standard InChI is InChI=1S/C14H21N3O3S/c1-10(17-13(18)14(15)8-2-3-9-14)11-4-6-12(7-5-11)21(16,19)20/h4-7,10H,2-3,8-9,15H2,1H3,(H,17,18)(H2,16,19,20). The third kappa shape index (κ3) is 3.61. The molecule has 1 aliphatic rings. The number of carbonyl (C=O) groups is 1. The number of rotatable bonds is 4. The molecule has 1 amide bonds. The van der Waals surface area contributed by atoms with E-state index in [1.165, 1.54) is 12.1 Å². The lowest BCUT2D eigenvalue weighted by Crippen LogP contribution is -2.52. The smallest absolute Gasteiger partial charge is 0.240 e. The fourth-order valence-electron chi connectivity index (χ4n) is 2.60. The lowest BCUT2D eigenvalue weighted by atomic mass is 9.97. The predicted molar refractivity (Wildman–Crippen MR) is 79.8 cm³/mol.